The van der Waals surface area contributed by atoms with E-state index in [1.807, 2.05) is 11.0 Å². The minimum Gasteiger partial charge on any atom is -0.381 e. The van der Waals surface area contributed by atoms with E-state index >= 15 is 0 Å². The molecule has 148 valence electrons. The molecule has 5 heteroatoms. The Morgan fingerprint density at radius 2 is 2.04 bits per heavy atom. The highest BCUT2D eigenvalue weighted by molar-refractivity contribution is 5.73. The molecule has 0 unspecified atom stereocenters. The largest absolute Gasteiger partial charge is 0.381 e. The summed E-state index contributed by atoms with van der Waals surface area (Å²) in [5, 5.41) is 0. The van der Waals surface area contributed by atoms with E-state index in [2.05, 4.69) is 4.90 Å². The van der Waals surface area contributed by atoms with E-state index in [4.69, 9.17) is 4.74 Å². The van der Waals surface area contributed by atoms with Crippen LogP contribution in [0.4, 0.5) is 4.39 Å². The molecule has 2 saturated heterocycles. The predicted octanol–water partition coefficient (Wildman–Crippen LogP) is 3.31. The number of benzene rings is 1. The molecule has 1 aliphatic carbocycles. The van der Waals surface area contributed by atoms with Crippen LogP contribution in [-0.2, 0) is 16.1 Å². The second-order valence-electron chi connectivity index (χ2n) is 8.85. The molecule has 1 aromatic rings. The summed E-state index contributed by atoms with van der Waals surface area (Å²) in [7, 11) is 0. The Bertz CT molecular complexity index is 668. The number of likely N-dealkylation sites (tertiary alicyclic amines) is 2. The molecule has 1 aromatic carbocycles. The topological polar surface area (TPSA) is 32.8 Å². The van der Waals surface area contributed by atoms with Crippen molar-refractivity contribution in [2.45, 2.75) is 39.2 Å². The van der Waals surface area contributed by atoms with Gasteiger partial charge in [0.1, 0.15) is 5.82 Å². The summed E-state index contributed by atoms with van der Waals surface area (Å²) < 4.78 is 19.5. The number of amides is 1. The molecule has 1 spiro atoms. The molecule has 2 aliphatic heterocycles. The van der Waals surface area contributed by atoms with Gasteiger partial charge in [0.15, 0.2) is 0 Å². The summed E-state index contributed by atoms with van der Waals surface area (Å²) in [6.45, 7) is 7.86. The Balaban J connectivity index is 1.36. The van der Waals surface area contributed by atoms with Crippen LogP contribution in [0.25, 0.3) is 0 Å². The van der Waals surface area contributed by atoms with Crippen molar-refractivity contribution in [3.05, 3.63) is 35.6 Å². The van der Waals surface area contributed by atoms with Gasteiger partial charge < -0.3 is 9.64 Å². The van der Waals surface area contributed by atoms with Gasteiger partial charge >= 0.3 is 0 Å². The van der Waals surface area contributed by atoms with E-state index in [-0.39, 0.29) is 17.1 Å². The van der Waals surface area contributed by atoms with Gasteiger partial charge in [-0.15, -0.1) is 0 Å². The number of carbonyl (C=O) groups excluding carboxylic acids is 1. The highest BCUT2D eigenvalue weighted by atomic mass is 19.1. The first-order valence-electron chi connectivity index (χ1n) is 10.3. The second kappa shape index (κ2) is 7.88. The number of hydrogen-bond acceptors (Lipinski definition) is 3. The van der Waals surface area contributed by atoms with Crippen molar-refractivity contribution in [2.75, 3.05) is 39.4 Å². The molecule has 1 atom stereocenters. The first-order valence-corrected chi connectivity index (χ1v) is 10.3. The minimum absolute atomic E-state index is 0.165. The van der Waals surface area contributed by atoms with E-state index in [9.17, 15) is 9.18 Å². The van der Waals surface area contributed by atoms with Crippen LogP contribution >= 0.6 is 0 Å². The Morgan fingerprint density at radius 3 is 2.70 bits per heavy atom. The highest BCUT2D eigenvalue weighted by Crippen LogP contribution is 2.45. The molecule has 2 heterocycles. The standard InChI is InChI=1S/C22H31FN2O2/c1-17(26)25-13-20(15-27-14-18-5-6-18)22(16-25)7-9-24(10-8-22)12-19-3-2-4-21(23)11-19/h2-4,11,18,20H,5-10,12-16H2,1H3/t20-/m0/s1. The third kappa shape index (κ3) is 4.52. The van der Waals surface area contributed by atoms with Crippen LogP contribution in [-0.4, -0.2) is 55.1 Å². The molecular formula is C22H31FN2O2. The molecule has 0 N–H and O–H groups in total. The zero-order chi connectivity index (χ0) is 18.9. The van der Waals surface area contributed by atoms with Crippen LogP contribution in [0.3, 0.4) is 0 Å². The van der Waals surface area contributed by atoms with Crippen molar-refractivity contribution in [1.29, 1.82) is 0 Å². The van der Waals surface area contributed by atoms with Gasteiger partial charge in [-0.2, -0.15) is 0 Å². The van der Waals surface area contributed by atoms with Crippen LogP contribution in [0, 0.1) is 23.1 Å². The number of hydrogen-bond donors (Lipinski definition) is 0. The number of carbonyl (C=O) groups is 1. The Morgan fingerprint density at radius 1 is 1.26 bits per heavy atom. The van der Waals surface area contributed by atoms with Crippen LogP contribution < -0.4 is 0 Å². The molecule has 27 heavy (non-hydrogen) atoms. The first kappa shape index (κ1) is 18.9. The third-order valence-electron chi connectivity index (χ3n) is 6.77. The lowest BCUT2D eigenvalue weighted by molar-refractivity contribution is -0.128. The van der Waals surface area contributed by atoms with Gasteiger partial charge in [-0.3, -0.25) is 9.69 Å². The summed E-state index contributed by atoms with van der Waals surface area (Å²) in [6.07, 6.45) is 4.79. The van der Waals surface area contributed by atoms with Gasteiger partial charge in [-0.25, -0.2) is 4.39 Å². The number of nitrogens with zero attached hydrogens (tertiary/aromatic N) is 2. The predicted molar refractivity (Wildman–Crippen MR) is 103 cm³/mol. The molecule has 3 aliphatic rings. The lowest BCUT2D eigenvalue weighted by Gasteiger charge is -2.42. The smallest absolute Gasteiger partial charge is 0.219 e. The van der Waals surface area contributed by atoms with Gasteiger partial charge in [0.2, 0.25) is 5.91 Å². The minimum atomic E-state index is -0.165. The zero-order valence-electron chi connectivity index (χ0n) is 16.3. The molecule has 0 radical (unpaired) electrons. The van der Waals surface area contributed by atoms with Gasteiger partial charge in [0.05, 0.1) is 6.61 Å². The van der Waals surface area contributed by atoms with Crippen molar-refractivity contribution in [1.82, 2.24) is 9.80 Å². The Hall–Kier alpha value is -1.46. The Labute approximate surface area is 161 Å². The monoisotopic (exact) mass is 374 g/mol. The van der Waals surface area contributed by atoms with Gasteiger partial charge in [0, 0.05) is 39.1 Å². The molecule has 4 nitrogen and oxygen atoms in total. The second-order valence-corrected chi connectivity index (χ2v) is 8.85. The van der Waals surface area contributed by atoms with E-state index in [1.54, 1.807) is 19.1 Å². The van der Waals surface area contributed by atoms with Crippen molar-refractivity contribution in [3.63, 3.8) is 0 Å². The van der Waals surface area contributed by atoms with Crippen molar-refractivity contribution in [3.8, 4) is 0 Å². The third-order valence-corrected chi connectivity index (χ3v) is 6.77. The van der Waals surface area contributed by atoms with Crippen LogP contribution in [0.15, 0.2) is 24.3 Å². The van der Waals surface area contributed by atoms with Gasteiger partial charge in [0.25, 0.3) is 0 Å². The maximum Gasteiger partial charge on any atom is 0.219 e. The van der Waals surface area contributed by atoms with Crippen LogP contribution in [0.1, 0.15) is 38.2 Å². The maximum absolute atomic E-state index is 13.4. The fourth-order valence-corrected chi connectivity index (χ4v) is 4.78. The van der Waals surface area contributed by atoms with Crippen molar-refractivity contribution >= 4 is 5.91 Å². The maximum atomic E-state index is 13.4. The van der Waals surface area contributed by atoms with Gasteiger partial charge in [-0.05, 0) is 67.8 Å². The lowest BCUT2D eigenvalue weighted by atomic mass is 9.71. The molecule has 3 fully saturated rings. The van der Waals surface area contributed by atoms with Crippen LogP contribution in [0.2, 0.25) is 0 Å². The quantitative estimate of drug-likeness (QED) is 0.766. The number of rotatable bonds is 6. The lowest BCUT2D eigenvalue weighted by Crippen LogP contribution is -2.45. The Kier molecular flexibility index (Phi) is 5.51. The number of piperidine rings is 1. The summed E-state index contributed by atoms with van der Waals surface area (Å²) in [6, 6.07) is 6.90. The molecule has 0 bridgehead atoms. The molecular weight excluding hydrogens is 343 g/mol. The molecule has 4 rings (SSSR count). The zero-order valence-corrected chi connectivity index (χ0v) is 16.3. The van der Waals surface area contributed by atoms with Crippen molar-refractivity contribution < 1.29 is 13.9 Å². The van der Waals surface area contributed by atoms with Crippen molar-refractivity contribution in [2.24, 2.45) is 17.3 Å². The summed E-state index contributed by atoms with van der Waals surface area (Å²) >= 11 is 0. The average Bonchev–Trinajstić information content (AvgIpc) is 3.39. The van der Waals surface area contributed by atoms with E-state index in [1.165, 1.54) is 18.9 Å². The average molecular weight is 375 g/mol. The molecule has 0 aromatic heterocycles. The van der Waals surface area contributed by atoms with Gasteiger partial charge in [-0.1, -0.05) is 12.1 Å². The molecule has 1 amide bonds. The normalized spacial score (nSPS) is 25.3. The fourth-order valence-electron chi connectivity index (χ4n) is 4.78. The number of ether oxygens (including phenoxy) is 1. The summed E-state index contributed by atoms with van der Waals surface area (Å²) in [4.78, 5) is 16.4. The van der Waals surface area contributed by atoms with E-state index < -0.39 is 0 Å². The fraction of sp³-hybridized carbons (Fsp3) is 0.682. The number of halogens is 1. The highest BCUT2D eigenvalue weighted by Gasteiger charge is 2.48. The van der Waals surface area contributed by atoms with E-state index in [0.717, 1.165) is 70.3 Å². The SMILES string of the molecule is CC(=O)N1C[C@@H](COCC2CC2)C2(CCN(Cc3cccc(F)c3)CC2)C1. The summed E-state index contributed by atoms with van der Waals surface area (Å²) in [5.41, 5.74) is 1.22. The first-order chi connectivity index (χ1) is 13.0. The van der Waals surface area contributed by atoms with E-state index in [0.29, 0.717) is 5.92 Å². The van der Waals surface area contributed by atoms with Crippen LogP contribution in [0.5, 0.6) is 0 Å². The summed E-state index contributed by atoms with van der Waals surface area (Å²) in [5.74, 6) is 1.24. The molecule has 1 saturated carbocycles.